The first-order chi connectivity index (χ1) is 6.61. The number of carbonyl (C=O) groups is 1. The topological polar surface area (TPSA) is 61.5 Å². The van der Waals surface area contributed by atoms with Crippen molar-refractivity contribution in [2.75, 3.05) is 14.2 Å². The van der Waals surface area contributed by atoms with Crippen molar-refractivity contribution >= 4 is 28.5 Å². The molecule has 2 N–H and O–H groups in total. The molecular weight excluding hydrogens is 297 g/mol. The molecular formula is C9H10INO3. The van der Waals surface area contributed by atoms with Gasteiger partial charge in [0.1, 0.15) is 0 Å². The fourth-order valence-electron chi connectivity index (χ4n) is 1.13. The lowest BCUT2D eigenvalue weighted by Crippen LogP contribution is -2.14. The molecule has 1 aromatic rings. The molecule has 4 nitrogen and oxygen atoms in total. The Kier molecular flexibility index (Phi) is 3.56. The van der Waals surface area contributed by atoms with Gasteiger partial charge in [-0.05, 0) is 34.7 Å². The molecule has 0 fully saturated rings. The fraction of sp³-hybridized carbons (Fsp3) is 0.222. The van der Waals surface area contributed by atoms with Gasteiger partial charge in [-0.25, -0.2) is 0 Å². The summed E-state index contributed by atoms with van der Waals surface area (Å²) in [4.78, 5) is 11.2. The maximum Gasteiger partial charge on any atom is 0.253 e. The maximum atomic E-state index is 11.2. The molecule has 0 radical (unpaired) electrons. The van der Waals surface area contributed by atoms with Crippen molar-refractivity contribution in [3.8, 4) is 11.5 Å². The Labute approximate surface area is 95.5 Å². The summed E-state index contributed by atoms with van der Waals surface area (Å²) in [6, 6.07) is 3.48. The number of amides is 1. The average molecular weight is 307 g/mol. The Hall–Kier alpha value is -0.980. The predicted octanol–water partition coefficient (Wildman–Crippen LogP) is 1.41. The van der Waals surface area contributed by atoms with Gasteiger partial charge in [0.2, 0.25) is 0 Å². The van der Waals surface area contributed by atoms with E-state index in [-0.39, 0.29) is 0 Å². The summed E-state index contributed by atoms with van der Waals surface area (Å²) < 4.78 is 10.9. The van der Waals surface area contributed by atoms with Gasteiger partial charge in [-0.15, -0.1) is 0 Å². The molecule has 0 unspecified atom stereocenters. The third-order valence-electron chi connectivity index (χ3n) is 1.74. The fourth-order valence-corrected chi connectivity index (χ4v) is 1.82. The Morgan fingerprint density at radius 2 is 2.00 bits per heavy atom. The van der Waals surface area contributed by atoms with E-state index in [1.807, 2.05) is 22.6 Å². The molecule has 14 heavy (non-hydrogen) atoms. The van der Waals surface area contributed by atoms with Crippen LogP contribution in [0.1, 0.15) is 10.4 Å². The molecule has 0 aliphatic carbocycles. The van der Waals surface area contributed by atoms with E-state index < -0.39 is 5.91 Å². The second kappa shape index (κ2) is 4.50. The van der Waals surface area contributed by atoms with E-state index in [0.717, 1.165) is 3.57 Å². The van der Waals surface area contributed by atoms with E-state index in [0.29, 0.717) is 17.1 Å². The van der Waals surface area contributed by atoms with Crippen LogP contribution in [0, 0.1) is 3.57 Å². The van der Waals surface area contributed by atoms with Crippen LogP contribution in [0.2, 0.25) is 0 Å². The minimum Gasteiger partial charge on any atom is -0.493 e. The minimum absolute atomic E-state index is 0.354. The highest BCUT2D eigenvalue weighted by Gasteiger charge is 2.17. The van der Waals surface area contributed by atoms with Crippen LogP contribution in [0.25, 0.3) is 0 Å². The van der Waals surface area contributed by atoms with Crippen molar-refractivity contribution in [2.24, 2.45) is 5.73 Å². The highest BCUT2D eigenvalue weighted by atomic mass is 127. The molecule has 0 atom stereocenters. The minimum atomic E-state index is -0.523. The molecule has 0 aromatic heterocycles. The van der Waals surface area contributed by atoms with Crippen LogP contribution < -0.4 is 15.2 Å². The van der Waals surface area contributed by atoms with Crippen molar-refractivity contribution < 1.29 is 14.3 Å². The summed E-state index contributed by atoms with van der Waals surface area (Å²) in [5, 5.41) is 0. The molecule has 0 bridgehead atoms. The quantitative estimate of drug-likeness (QED) is 0.859. The summed E-state index contributed by atoms with van der Waals surface area (Å²) in [7, 11) is 2.98. The Balaban J connectivity index is 3.42. The summed E-state index contributed by atoms with van der Waals surface area (Å²) in [6.45, 7) is 0. The molecule has 76 valence electrons. The van der Waals surface area contributed by atoms with Crippen LogP contribution >= 0.6 is 22.6 Å². The first-order valence-electron chi connectivity index (χ1n) is 3.82. The van der Waals surface area contributed by atoms with Gasteiger partial charge >= 0.3 is 0 Å². The van der Waals surface area contributed by atoms with Crippen LogP contribution in [0.3, 0.4) is 0 Å². The largest absolute Gasteiger partial charge is 0.493 e. The van der Waals surface area contributed by atoms with E-state index in [2.05, 4.69) is 0 Å². The van der Waals surface area contributed by atoms with Gasteiger partial charge in [-0.2, -0.15) is 0 Å². The molecule has 0 saturated heterocycles. The molecule has 0 spiro atoms. The van der Waals surface area contributed by atoms with Crippen LogP contribution in [0.5, 0.6) is 11.5 Å². The smallest absolute Gasteiger partial charge is 0.253 e. The number of methoxy groups -OCH3 is 2. The molecule has 1 rings (SSSR count). The number of carbonyl (C=O) groups excluding carboxylic acids is 1. The van der Waals surface area contributed by atoms with E-state index >= 15 is 0 Å². The molecule has 5 heteroatoms. The van der Waals surface area contributed by atoms with Gasteiger partial charge in [-0.1, -0.05) is 0 Å². The molecule has 1 amide bonds. The zero-order chi connectivity index (χ0) is 10.7. The summed E-state index contributed by atoms with van der Waals surface area (Å²) >= 11 is 2.02. The van der Waals surface area contributed by atoms with Gasteiger partial charge < -0.3 is 15.2 Å². The maximum absolute atomic E-state index is 11.2. The second-order valence-corrected chi connectivity index (χ2v) is 3.68. The van der Waals surface area contributed by atoms with Crippen LogP contribution in [0.15, 0.2) is 12.1 Å². The van der Waals surface area contributed by atoms with Crippen LogP contribution in [-0.4, -0.2) is 20.1 Å². The highest BCUT2D eigenvalue weighted by molar-refractivity contribution is 14.1. The van der Waals surface area contributed by atoms with Gasteiger partial charge in [-0.3, -0.25) is 4.79 Å². The third kappa shape index (κ3) is 1.92. The van der Waals surface area contributed by atoms with Gasteiger partial charge in [0, 0.05) is 3.57 Å². The standard InChI is InChI=1S/C9H10INO3/c1-13-6-4-3-5(10)7(9(11)12)8(6)14-2/h3-4H,1-2H3,(H2,11,12). The lowest BCUT2D eigenvalue weighted by Gasteiger charge is -2.11. The van der Waals surface area contributed by atoms with Gasteiger partial charge in [0.15, 0.2) is 11.5 Å². The van der Waals surface area contributed by atoms with E-state index in [4.69, 9.17) is 15.2 Å². The molecule has 0 heterocycles. The van der Waals surface area contributed by atoms with E-state index in [9.17, 15) is 4.79 Å². The zero-order valence-electron chi connectivity index (χ0n) is 7.83. The molecule has 0 saturated carbocycles. The number of hydrogen-bond acceptors (Lipinski definition) is 3. The van der Waals surface area contributed by atoms with E-state index in [1.54, 1.807) is 12.1 Å². The predicted molar refractivity (Wildman–Crippen MR) is 60.8 cm³/mol. The van der Waals surface area contributed by atoms with Crippen molar-refractivity contribution in [1.29, 1.82) is 0 Å². The molecule has 0 aliphatic heterocycles. The van der Waals surface area contributed by atoms with Crippen LogP contribution in [0.4, 0.5) is 0 Å². The first-order valence-corrected chi connectivity index (χ1v) is 4.90. The third-order valence-corrected chi connectivity index (χ3v) is 2.64. The number of rotatable bonds is 3. The summed E-state index contributed by atoms with van der Waals surface area (Å²) in [6.07, 6.45) is 0. The number of benzene rings is 1. The van der Waals surface area contributed by atoms with Crippen molar-refractivity contribution in [1.82, 2.24) is 0 Å². The van der Waals surface area contributed by atoms with E-state index in [1.165, 1.54) is 14.2 Å². The Morgan fingerprint density at radius 1 is 1.36 bits per heavy atom. The number of nitrogens with two attached hydrogens (primary N) is 1. The van der Waals surface area contributed by atoms with Gasteiger partial charge in [0.25, 0.3) is 5.91 Å². The van der Waals surface area contributed by atoms with Crippen molar-refractivity contribution in [3.05, 3.63) is 21.3 Å². The highest BCUT2D eigenvalue weighted by Crippen LogP contribution is 2.33. The van der Waals surface area contributed by atoms with Crippen molar-refractivity contribution in [3.63, 3.8) is 0 Å². The SMILES string of the molecule is COc1ccc(I)c(C(N)=O)c1OC. The number of primary amides is 1. The molecule has 0 aliphatic rings. The molecule has 1 aromatic carbocycles. The number of ether oxygens (including phenoxy) is 2. The van der Waals surface area contributed by atoms with Crippen molar-refractivity contribution in [2.45, 2.75) is 0 Å². The number of hydrogen-bond donors (Lipinski definition) is 1. The lowest BCUT2D eigenvalue weighted by atomic mass is 10.2. The Morgan fingerprint density at radius 3 is 2.43 bits per heavy atom. The average Bonchev–Trinajstić information content (AvgIpc) is 2.16. The Bertz CT molecular complexity index is 365. The van der Waals surface area contributed by atoms with Crippen LogP contribution in [-0.2, 0) is 0 Å². The summed E-state index contributed by atoms with van der Waals surface area (Å²) in [5.41, 5.74) is 5.59. The van der Waals surface area contributed by atoms with Gasteiger partial charge in [0.05, 0.1) is 19.8 Å². The second-order valence-electron chi connectivity index (χ2n) is 2.52. The first kappa shape index (κ1) is 11.1. The normalized spacial score (nSPS) is 9.64. The number of halogens is 1. The lowest BCUT2D eigenvalue weighted by molar-refractivity contribution is 0.0996. The summed E-state index contributed by atoms with van der Waals surface area (Å²) in [5.74, 6) is 0.360. The zero-order valence-corrected chi connectivity index (χ0v) is 9.99. The monoisotopic (exact) mass is 307 g/mol.